The summed E-state index contributed by atoms with van der Waals surface area (Å²) in [6.45, 7) is 1.75. The van der Waals surface area contributed by atoms with Crippen molar-refractivity contribution >= 4 is 33.2 Å². The number of rotatable bonds is 5. The van der Waals surface area contributed by atoms with E-state index in [1.54, 1.807) is 0 Å². The fourth-order valence-corrected chi connectivity index (χ4v) is 3.89. The lowest BCUT2D eigenvalue weighted by Gasteiger charge is -2.29. The number of hydrogen-bond donors (Lipinski definition) is 0. The van der Waals surface area contributed by atoms with Crippen molar-refractivity contribution in [3.05, 3.63) is 20.8 Å². The van der Waals surface area contributed by atoms with Crippen LogP contribution in [-0.4, -0.2) is 48.9 Å². The van der Waals surface area contributed by atoms with Crippen molar-refractivity contribution in [2.24, 2.45) is 0 Å². The second-order valence-electron chi connectivity index (χ2n) is 5.34. The molecule has 19 heavy (non-hydrogen) atoms. The number of nitrogens with zero attached hydrogens (tertiary/aromatic N) is 2. The molecule has 1 saturated carbocycles. The maximum Gasteiger partial charge on any atom is 0.264 e. The Morgan fingerprint density at radius 1 is 1.32 bits per heavy atom. The van der Waals surface area contributed by atoms with Gasteiger partial charge in [-0.2, -0.15) is 0 Å². The van der Waals surface area contributed by atoms with Crippen molar-refractivity contribution in [1.29, 1.82) is 0 Å². The first kappa shape index (κ1) is 15.0. The van der Waals surface area contributed by atoms with Crippen LogP contribution in [0.2, 0.25) is 0 Å². The summed E-state index contributed by atoms with van der Waals surface area (Å²) >= 11 is 4.96. The van der Waals surface area contributed by atoms with Gasteiger partial charge in [0.15, 0.2) is 0 Å². The molecule has 106 valence electrons. The van der Waals surface area contributed by atoms with Gasteiger partial charge in [0.05, 0.1) is 8.66 Å². The molecule has 0 N–H and O–H groups in total. The van der Waals surface area contributed by atoms with Gasteiger partial charge >= 0.3 is 0 Å². The van der Waals surface area contributed by atoms with E-state index in [1.807, 2.05) is 12.1 Å². The van der Waals surface area contributed by atoms with E-state index in [2.05, 4.69) is 39.8 Å². The van der Waals surface area contributed by atoms with Gasteiger partial charge in [0.25, 0.3) is 5.91 Å². The first-order valence-electron chi connectivity index (χ1n) is 6.79. The Morgan fingerprint density at radius 2 is 2.00 bits per heavy atom. The van der Waals surface area contributed by atoms with Crippen LogP contribution < -0.4 is 0 Å². The van der Waals surface area contributed by atoms with Crippen molar-refractivity contribution in [3.63, 3.8) is 0 Å². The highest BCUT2D eigenvalue weighted by Gasteiger charge is 2.27. The number of carbonyl (C=O) groups excluding carboxylic acids is 1. The summed E-state index contributed by atoms with van der Waals surface area (Å²) in [4.78, 5) is 17.7. The Bertz CT molecular complexity index is 427. The first-order chi connectivity index (χ1) is 9.08. The van der Waals surface area contributed by atoms with Crippen LogP contribution >= 0.6 is 27.3 Å². The zero-order valence-electron chi connectivity index (χ0n) is 11.6. The van der Waals surface area contributed by atoms with E-state index in [-0.39, 0.29) is 5.91 Å². The lowest BCUT2D eigenvalue weighted by atomic mass is 10.2. The van der Waals surface area contributed by atoms with Crippen LogP contribution in [-0.2, 0) is 0 Å². The molecular weight excluding hydrogens is 324 g/mol. The molecule has 1 fully saturated rings. The van der Waals surface area contributed by atoms with E-state index in [9.17, 15) is 4.79 Å². The van der Waals surface area contributed by atoms with Gasteiger partial charge in [0, 0.05) is 19.1 Å². The summed E-state index contributed by atoms with van der Waals surface area (Å²) in [6, 6.07) is 4.32. The molecule has 2 rings (SSSR count). The maximum atomic E-state index is 12.7. The van der Waals surface area contributed by atoms with Gasteiger partial charge in [0.1, 0.15) is 0 Å². The second-order valence-corrected chi connectivity index (χ2v) is 7.81. The zero-order chi connectivity index (χ0) is 13.8. The number of amides is 1. The summed E-state index contributed by atoms with van der Waals surface area (Å²) in [5, 5.41) is 0. The van der Waals surface area contributed by atoms with Crippen molar-refractivity contribution in [3.8, 4) is 0 Å². The Labute approximate surface area is 127 Å². The minimum absolute atomic E-state index is 0.199. The third kappa shape index (κ3) is 4.04. The molecule has 0 aromatic carbocycles. The number of hydrogen-bond acceptors (Lipinski definition) is 3. The normalized spacial score (nSPS) is 16.2. The van der Waals surface area contributed by atoms with Gasteiger partial charge in [-0.05, 0) is 55.0 Å². The van der Waals surface area contributed by atoms with Gasteiger partial charge < -0.3 is 9.80 Å². The zero-order valence-corrected chi connectivity index (χ0v) is 14.0. The smallest absolute Gasteiger partial charge is 0.264 e. The Kier molecular flexibility index (Phi) is 5.42. The summed E-state index contributed by atoms with van der Waals surface area (Å²) in [5.41, 5.74) is 0. The third-order valence-electron chi connectivity index (χ3n) is 3.60. The van der Waals surface area contributed by atoms with Gasteiger partial charge in [-0.3, -0.25) is 4.79 Å². The highest BCUT2D eigenvalue weighted by Crippen LogP contribution is 2.28. The quantitative estimate of drug-likeness (QED) is 0.816. The number of carbonyl (C=O) groups is 1. The van der Waals surface area contributed by atoms with Crippen LogP contribution in [0.3, 0.4) is 0 Å². The van der Waals surface area contributed by atoms with Gasteiger partial charge in [-0.15, -0.1) is 11.3 Å². The molecular formula is C14H21BrN2OS. The minimum Gasteiger partial charge on any atom is -0.334 e. The molecule has 0 atom stereocenters. The van der Waals surface area contributed by atoms with Crippen LogP contribution in [0.15, 0.2) is 15.9 Å². The fourth-order valence-electron chi connectivity index (χ4n) is 2.54. The topological polar surface area (TPSA) is 23.6 Å². The van der Waals surface area contributed by atoms with Gasteiger partial charge in [0.2, 0.25) is 0 Å². The summed E-state index contributed by atoms with van der Waals surface area (Å²) < 4.78 is 1.02. The lowest BCUT2D eigenvalue weighted by molar-refractivity contribution is 0.0672. The molecule has 0 aliphatic heterocycles. The molecule has 0 spiro atoms. The number of thiophene rings is 1. The van der Waals surface area contributed by atoms with Crippen molar-refractivity contribution in [2.45, 2.75) is 31.7 Å². The SMILES string of the molecule is CN(C)CCN(C(=O)c1ccc(Br)s1)C1CCCC1. The summed E-state index contributed by atoms with van der Waals surface area (Å²) in [6.07, 6.45) is 4.83. The molecule has 1 heterocycles. The molecule has 3 nitrogen and oxygen atoms in total. The second kappa shape index (κ2) is 6.86. The van der Waals surface area contributed by atoms with E-state index in [4.69, 9.17) is 0 Å². The lowest BCUT2D eigenvalue weighted by Crippen LogP contribution is -2.42. The van der Waals surface area contributed by atoms with Crippen LogP contribution in [0.1, 0.15) is 35.4 Å². The Hall–Kier alpha value is -0.390. The fraction of sp³-hybridized carbons (Fsp3) is 0.643. The third-order valence-corrected chi connectivity index (χ3v) is 5.21. The van der Waals surface area contributed by atoms with Crippen molar-refractivity contribution in [1.82, 2.24) is 9.80 Å². The Morgan fingerprint density at radius 3 is 2.53 bits per heavy atom. The van der Waals surface area contributed by atoms with Crippen LogP contribution in [0.5, 0.6) is 0 Å². The van der Waals surface area contributed by atoms with E-state index < -0.39 is 0 Å². The average Bonchev–Trinajstić information content (AvgIpc) is 3.00. The molecule has 0 saturated heterocycles. The molecule has 0 radical (unpaired) electrons. The molecule has 1 aliphatic carbocycles. The van der Waals surface area contributed by atoms with E-state index in [0.717, 1.165) is 34.6 Å². The maximum absolute atomic E-state index is 12.7. The predicted molar refractivity (Wildman–Crippen MR) is 83.9 cm³/mol. The van der Waals surface area contributed by atoms with Crippen LogP contribution in [0.25, 0.3) is 0 Å². The summed E-state index contributed by atoms with van der Waals surface area (Å²) in [5.74, 6) is 0.199. The summed E-state index contributed by atoms with van der Waals surface area (Å²) in [7, 11) is 4.11. The van der Waals surface area contributed by atoms with E-state index >= 15 is 0 Å². The highest BCUT2D eigenvalue weighted by atomic mass is 79.9. The molecule has 1 aliphatic rings. The molecule has 1 aromatic rings. The van der Waals surface area contributed by atoms with Crippen molar-refractivity contribution < 1.29 is 4.79 Å². The minimum atomic E-state index is 0.199. The van der Waals surface area contributed by atoms with E-state index in [0.29, 0.717) is 6.04 Å². The first-order valence-corrected chi connectivity index (χ1v) is 8.40. The monoisotopic (exact) mass is 344 g/mol. The number of halogens is 1. The Balaban J connectivity index is 2.09. The molecule has 5 heteroatoms. The largest absolute Gasteiger partial charge is 0.334 e. The van der Waals surface area contributed by atoms with Crippen LogP contribution in [0, 0.1) is 0 Å². The standard InChI is InChI=1S/C14H21BrN2OS/c1-16(2)9-10-17(11-5-3-4-6-11)14(18)12-7-8-13(15)19-12/h7-8,11H,3-6,9-10H2,1-2H3. The molecule has 1 amide bonds. The predicted octanol–water partition coefficient (Wildman–Crippen LogP) is 3.46. The highest BCUT2D eigenvalue weighted by molar-refractivity contribution is 9.11. The van der Waals surface area contributed by atoms with Gasteiger partial charge in [-0.1, -0.05) is 12.8 Å². The molecule has 1 aromatic heterocycles. The molecule has 0 bridgehead atoms. The number of likely N-dealkylation sites (N-methyl/N-ethyl adjacent to an activating group) is 1. The van der Waals surface area contributed by atoms with Crippen molar-refractivity contribution in [2.75, 3.05) is 27.2 Å². The van der Waals surface area contributed by atoms with Gasteiger partial charge in [-0.25, -0.2) is 0 Å². The average molecular weight is 345 g/mol. The molecule has 0 unspecified atom stereocenters. The van der Waals surface area contributed by atoms with E-state index in [1.165, 1.54) is 24.2 Å². The van der Waals surface area contributed by atoms with Crippen LogP contribution in [0.4, 0.5) is 0 Å².